The minimum Gasteiger partial charge on any atom is -0.382 e. The largest absolute Gasteiger partial charge is 0.382 e. The summed E-state index contributed by atoms with van der Waals surface area (Å²) in [6, 6.07) is 1.81. The van der Waals surface area contributed by atoms with Crippen LogP contribution < -0.4 is 5.73 Å². The lowest BCUT2D eigenvalue weighted by molar-refractivity contribution is -0.147. The first-order chi connectivity index (χ1) is 7.68. The van der Waals surface area contributed by atoms with Gasteiger partial charge in [0.25, 0.3) is 0 Å². The van der Waals surface area contributed by atoms with E-state index in [0.717, 1.165) is 25.8 Å². The Morgan fingerprint density at radius 1 is 1.44 bits per heavy atom. The predicted molar refractivity (Wildman–Crippen MR) is 60.8 cm³/mol. The first-order valence-corrected chi connectivity index (χ1v) is 5.75. The van der Waals surface area contributed by atoms with Crippen molar-refractivity contribution in [3.8, 4) is 0 Å². The van der Waals surface area contributed by atoms with Gasteiger partial charge in [-0.1, -0.05) is 0 Å². The van der Waals surface area contributed by atoms with E-state index in [1.165, 1.54) is 0 Å². The fraction of sp³-hybridized carbons (Fsp3) is 0.727. The van der Waals surface area contributed by atoms with Crippen LogP contribution in [-0.4, -0.2) is 28.8 Å². The Bertz CT molecular complexity index is 332. The number of nitrogens with zero attached hydrogens (tertiary/aromatic N) is 2. The molecule has 0 bridgehead atoms. The zero-order valence-electron chi connectivity index (χ0n) is 9.69. The summed E-state index contributed by atoms with van der Waals surface area (Å²) in [5.41, 5.74) is 5.53. The molecule has 5 nitrogen and oxygen atoms in total. The van der Waals surface area contributed by atoms with Crippen LogP contribution in [0.25, 0.3) is 0 Å². The molecule has 2 heterocycles. The number of hydrogen-bond donors (Lipinski definition) is 1. The summed E-state index contributed by atoms with van der Waals surface area (Å²) in [4.78, 5) is 0. The number of anilines is 1. The van der Waals surface area contributed by atoms with Crippen molar-refractivity contribution in [2.45, 2.75) is 38.5 Å². The summed E-state index contributed by atoms with van der Waals surface area (Å²) in [7, 11) is 0. The zero-order valence-corrected chi connectivity index (χ0v) is 9.69. The smallest absolute Gasteiger partial charge is 0.165 e. The highest BCUT2D eigenvalue weighted by Gasteiger charge is 2.29. The van der Waals surface area contributed by atoms with Gasteiger partial charge in [-0.3, -0.25) is 4.68 Å². The van der Waals surface area contributed by atoms with E-state index in [1.54, 1.807) is 0 Å². The van der Waals surface area contributed by atoms with Crippen molar-refractivity contribution in [1.82, 2.24) is 9.78 Å². The first kappa shape index (κ1) is 11.4. The Kier molecular flexibility index (Phi) is 3.46. The van der Waals surface area contributed by atoms with Crippen molar-refractivity contribution in [3.05, 3.63) is 12.3 Å². The molecule has 0 amide bonds. The topological polar surface area (TPSA) is 62.3 Å². The SMILES string of the molecule is CC1(CCCCn2ccc(N)n2)OCCO1. The van der Waals surface area contributed by atoms with Crippen LogP contribution in [0.15, 0.2) is 12.3 Å². The lowest BCUT2D eigenvalue weighted by Crippen LogP contribution is -2.25. The number of rotatable bonds is 5. The molecule has 90 valence electrons. The molecular formula is C11H19N3O2. The van der Waals surface area contributed by atoms with Gasteiger partial charge in [0.05, 0.1) is 13.2 Å². The van der Waals surface area contributed by atoms with Crippen molar-refractivity contribution in [3.63, 3.8) is 0 Å². The highest BCUT2D eigenvalue weighted by atomic mass is 16.7. The average molecular weight is 225 g/mol. The lowest BCUT2D eigenvalue weighted by atomic mass is 10.1. The second-order valence-electron chi connectivity index (χ2n) is 4.29. The maximum Gasteiger partial charge on any atom is 0.165 e. The summed E-state index contributed by atoms with van der Waals surface area (Å²) in [5, 5.41) is 4.13. The third-order valence-electron chi connectivity index (χ3n) is 2.83. The van der Waals surface area contributed by atoms with E-state index in [1.807, 2.05) is 23.9 Å². The van der Waals surface area contributed by atoms with Gasteiger partial charge in [0.15, 0.2) is 5.79 Å². The van der Waals surface area contributed by atoms with E-state index in [-0.39, 0.29) is 5.79 Å². The molecule has 5 heteroatoms. The van der Waals surface area contributed by atoms with Crippen LogP contribution in [0.3, 0.4) is 0 Å². The third kappa shape index (κ3) is 2.96. The molecule has 0 unspecified atom stereocenters. The van der Waals surface area contributed by atoms with Crippen molar-refractivity contribution < 1.29 is 9.47 Å². The molecular weight excluding hydrogens is 206 g/mol. The fourth-order valence-corrected chi connectivity index (χ4v) is 1.92. The molecule has 1 aromatic heterocycles. The maximum atomic E-state index is 5.53. The summed E-state index contributed by atoms with van der Waals surface area (Å²) in [6.45, 7) is 4.33. The Labute approximate surface area is 95.5 Å². The number of unbranched alkanes of at least 4 members (excludes halogenated alkanes) is 1. The van der Waals surface area contributed by atoms with Gasteiger partial charge in [0, 0.05) is 19.2 Å². The Hall–Kier alpha value is -1.07. The molecule has 0 saturated carbocycles. The molecule has 1 saturated heterocycles. The van der Waals surface area contributed by atoms with E-state index in [4.69, 9.17) is 15.2 Å². The van der Waals surface area contributed by atoms with Crippen LogP contribution in [0.1, 0.15) is 26.2 Å². The molecule has 2 N–H and O–H groups in total. The van der Waals surface area contributed by atoms with Crippen molar-refractivity contribution in [1.29, 1.82) is 0 Å². The minimum absolute atomic E-state index is 0.358. The Morgan fingerprint density at radius 2 is 2.19 bits per heavy atom. The van der Waals surface area contributed by atoms with Crippen LogP contribution >= 0.6 is 0 Å². The van der Waals surface area contributed by atoms with Gasteiger partial charge in [-0.25, -0.2) is 0 Å². The predicted octanol–water partition coefficient (Wildman–Crippen LogP) is 1.40. The maximum absolute atomic E-state index is 5.53. The average Bonchev–Trinajstić information content (AvgIpc) is 2.84. The number of nitrogen functional groups attached to an aromatic ring is 1. The molecule has 0 aliphatic carbocycles. The van der Waals surface area contributed by atoms with E-state index in [0.29, 0.717) is 19.0 Å². The van der Waals surface area contributed by atoms with Crippen LogP contribution in [0.4, 0.5) is 5.82 Å². The molecule has 1 aliphatic heterocycles. The second-order valence-corrected chi connectivity index (χ2v) is 4.29. The van der Waals surface area contributed by atoms with Gasteiger partial charge in [-0.05, 0) is 25.8 Å². The monoisotopic (exact) mass is 225 g/mol. The molecule has 1 aromatic rings. The van der Waals surface area contributed by atoms with E-state index in [9.17, 15) is 0 Å². The highest BCUT2D eigenvalue weighted by Crippen LogP contribution is 2.24. The van der Waals surface area contributed by atoms with E-state index >= 15 is 0 Å². The molecule has 0 atom stereocenters. The Morgan fingerprint density at radius 3 is 2.81 bits per heavy atom. The summed E-state index contributed by atoms with van der Waals surface area (Å²) in [5.74, 6) is 0.220. The van der Waals surface area contributed by atoms with Gasteiger partial charge < -0.3 is 15.2 Å². The van der Waals surface area contributed by atoms with Gasteiger partial charge in [-0.2, -0.15) is 5.10 Å². The summed E-state index contributed by atoms with van der Waals surface area (Å²) < 4.78 is 12.9. The molecule has 0 radical (unpaired) electrons. The van der Waals surface area contributed by atoms with Gasteiger partial charge >= 0.3 is 0 Å². The highest BCUT2D eigenvalue weighted by molar-refractivity contribution is 5.23. The number of ether oxygens (including phenoxy) is 2. The standard InChI is InChI=1S/C11H19N3O2/c1-11(15-8-9-16-11)5-2-3-6-14-7-4-10(12)13-14/h4,7H,2-3,5-6,8-9H2,1H3,(H2,12,13). The van der Waals surface area contributed by atoms with Gasteiger partial charge in [0.1, 0.15) is 5.82 Å². The lowest BCUT2D eigenvalue weighted by Gasteiger charge is -2.21. The van der Waals surface area contributed by atoms with Gasteiger partial charge in [0.2, 0.25) is 0 Å². The van der Waals surface area contributed by atoms with Gasteiger partial charge in [-0.15, -0.1) is 0 Å². The summed E-state index contributed by atoms with van der Waals surface area (Å²) in [6.07, 6.45) is 4.96. The molecule has 0 aromatic carbocycles. The minimum atomic E-state index is -0.358. The van der Waals surface area contributed by atoms with Crippen molar-refractivity contribution in [2.24, 2.45) is 0 Å². The number of nitrogens with two attached hydrogens (primary N) is 1. The van der Waals surface area contributed by atoms with Crippen molar-refractivity contribution in [2.75, 3.05) is 18.9 Å². The number of aromatic nitrogens is 2. The quantitative estimate of drug-likeness (QED) is 0.769. The molecule has 1 aliphatic rings. The van der Waals surface area contributed by atoms with Crippen molar-refractivity contribution >= 4 is 5.82 Å². The van der Waals surface area contributed by atoms with Crippen LogP contribution in [0.2, 0.25) is 0 Å². The summed E-state index contributed by atoms with van der Waals surface area (Å²) >= 11 is 0. The molecule has 16 heavy (non-hydrogen) atoms. The first-order valence-electron chi connectivity index (χ1n) is 5.75. The Balaban J connectivity index is 1.65. The molecule has 1 fully saturated rings. The van der Waals surface area contributed by atoms with E-state index in [2.05, 4.69) is 5.10 Å². The molecule has 0 spiro atoms. The van der Waals surface area contributed by atoms with Crippen LogP contribution in [0, 0.1) is 0 Å². The fourth-order valence-electron chi connectivity index (χ4n) is 1.92. The molecule has 2 rings (SSSR count). The zero-order chi connectivity index (χ0) is 11.4. The van der Waals surface area contributed by atoms with E-state index < -0.39 is 0 Å². The number of aryl methyl sites for hydroxylation is 1. The normalized spacial score (nSPS) is 19.1. The second kappa shape index (κ2) is 4.84. The number of hydrogen-bond acceptors (Lipinski definition) is 4. The van der Waals surface area contributed by atoms with Crippen LogP contribution in [-0.2, 0) is 16.0 Å². The van der Waals surface area contributed by atoms with Crippen LogP contribution in [0.5, 0.6) is 0 Å². The third-order valence-corrected chi connectivity index (χ3v) is 2.83.